The molecule has 0 aliphatic rings. The highest BCUT2D eigenvalue weighted by Gasteiger charge is 2.36. The first-order valence-electron chi connectivity index (χ1n) is 24.9. The summed E-state index contributed by atoms with van der Waals surface area (Å²) in [5, 5.41) is 80.4. The molecule has 0 aromatic heterocycles. The summed E-state index contributed by atoms with van der Waals surface area (Å²) in [7, 11) is 0. The van der Waals surface area contributed by atoms with E-state index in [2.05, 4.69) is 52.8 Å². The Morgan fingerprint density at radius 2 is 0.949 bits per heavy atom. The van der Waals surface area contributed by atoms with Gasteiger partial charge in [-0.2, -0.15) is 0 Å². The minimum absolute atomic E-state index is 0.0371. The number of carbonyl (C=O) groups is 11. The molecule has 0 saturated heterocycles. The Labute approximate surface area is 449 Å². The van der Waals surface area contributed by atoms with E-state index in [4.69, 9.17) is 22.9 Å². The number of aliphatic imine (C=N–C) groups is 1. The van der Waals surface area contributed by atoms with Crippen LogP contribution in [-0.4, -0.2) is 195 Å². The highest BCUT2D eigenvalue weighted by atomic mass is 16.4. The van der Waals surface area contributed by atoms with E-state index in [1.165, 1.54) is 38.1 Å². The van der Waals surface area contributed by atoms with Gasteiger partial charge in [0.2, 0.25) is 59.1 Å². The topological polar surface area (TPSA) is 534 Å². The van der Waals surface area contributed by atoms with Crippen LogP contribution in [0.3, 0.4) is 0 Å². The van der Waals surface area contributed by atoms with Crippen molar-refractivity contribution in [3.63, 3.8) is 0 Å². The molecule has 0 spiro atoms. The first-order chi connectivity index (χ1) is 36.6. The maximum absolute atomic E-state index is 13.8. The van der Waals surface area contributed by atoms with Crippen molar-refractivity contribution in [1.29, 1.82) is 0 Å². The zero-order valence-electron chi connectivity index (χ0n) is 44.2. The van der Waals surface area contributed by atoms with Crippen LogP contribution in [0.25, 0.3) is 0 Å². The molecule has 0 bridgehead atoms. The van der Waals surface area contributed by atoms with Crippen molar-refractivity contribution in [3.05, 3.63) is 29.8 Å². The van der Waals surface area contributed by atoms with Crippen LogP contribution in [-0.2, 0) is 59.2 Å². The second-order valence-corrected chi connectivity index (χ2v) is 18.7. The molecule has 10 amide bonds. The van der Waals surface area contributed by atoms with Crippen LogP contribution in [0.5, 0.6) is 5.75 Å². The van der Waals surface area contributed by atoms with Crippen LogP contribution in [0.4, 0.5) is 0 Å². The van der Waals surface area contributed by atoms with E-state index < -0.39 is 171 Å². The van der Waals surface area contributed by atoms with E-state index >= 15 is 0 Å². The molecule has 1 aromatic carbocycles. The summed E-state index contributed by atoms with van der Waals surface area (Å²) < 4.78 is 0. The molecule has 0 unspecified atom stereocenters. The maximum Gasteiger partial charge on any atom is 0.325 e. The summed E-state index contributed by atoms with van der Waals surface area (Å²) in [5.41, 5.74) is 22.1. The van der Waals surface area contributed by atoms with Gasteiger partial charge in [0, 0.05) is 19.4 Å². The molecule has 0 heterocycles. The lowest BCUT2D eigenvalue weighted by Gasteiger charge is -2.29. The number of aliphatic hydroxyl groups is 4. The Morgan fingerprint density at radius 3 is 1.40 bits per heavy atom. The van der Waals surface area contributed by atoms with Gasteiger partial charge in [0.25, 0.3) is 0 Å². The predicted octanol–water partition coefficient (Wildman–Crippen LogP) is -7.89. The molecular formula is C47H78N14O17. The van der Waals surface area contributed by atoms with Crippen molar-refractivity contribution in [1.82, 2.24) is 47.9 Å². The maximum atomic E-state index is 13.8. The molecule has 0 fully saturated rings. The van der Waals surface area contributed by atoms with E-state index in [-0.39, 0.29) is 56.3 Å². The van der Waals surface area contributed by atoms with E-state index in [9.17, 15) is 83.4 Å². The fraction of sp³-hybridized carbons (Fsp3) is 0.617. The lowest BCUT2D eigenvalue weighted by Crippen LogP contribution is -2.62. The number of carboxylic acid groups (broad SMARTS) is 1. The van der Waals surface area contributed by atoms with E-state index in [0.717, 1.165) is 0 Å². The van der Waals surface area contributed by atoms with E-state index in [0.29, 0.717) is 5.56 Å². The van der Waals surface area contributed by atoms with E-state index in [1.54, 1.807) is 20.8 Å². The number of aliphatic hydroxyl groups excluding tert-OH is 4. The Bertz CT molecular complexity index is 2230. The first kappa shape index (κ1) is 68.3. The number of carbonyl (C=O) groups excluding carboxylic acids is 10. The summed E-state index contributed by atoms with van der Waals surface area (Å²) in [5.74, 6) is -13.1. The standard InChI is InChI=1S/C47H78N14O17/c1-6-23(4)36(61-44(75)34(21-65)58-38(69)28(13-14-35(49)67)54-41(72)31(18-62)57-37(68)27(48)8-7-15-52-47(50)51)45(76)60-33(20-64)43(74)59-32(19-63)42(73)56-30(17-25-9-11-26(66)12-10-25)40(71)55-29(16-22(2)3)39(70)53-24(5)46(77)78/h9-12,22-24,27-34,36,62-66H,6-8,13-21,48H2,1-5H3,(H2,49,67)(H,53,70)(H,54,72)(H,55,71)(H,56,73)(H,57,68)(H,58,69)(H,59,74)(H,60,76)(H,61,75)(H,77,78)(H4,50,51,52)/t23-,24-,27-,28-,29-,30-,31-,32-,33-,34-,36-/m0/s1. The Morgan fingerprint density at radius 1 is 0.538 bits per heavy atom. The van der Waals surface area contributed by atoms with Crippen molar-refractivity contribution in [3.8, 4) is 5.75 Å². The number of aromatic hydroxyl groups is 1. The summed E-state index contributed by atoms with van der Waals surface area (Å²) >= 11 is 0. The molecular weight excluding hydrogens is 1030 g/mol. The number of nitrogens with two attached hydrogens (primary N) is 4. The van der Waals surface area contributed by atoms with Gasteiger partial charge >= 0.3 is 5.97 Å². The van der Waals surface area contributed by atoms with Gasteiger partial charge in [-0.15, -0.1) is 0 Å². The number of phenolic OH excluding ortho intramolecular Hbond substituents is 1. The molecule has 0 radical (unpaired) electrons. The molecule has 78 heavy (non-hydrogen) atoms. The van der Waals surface area contributed by atoms with Gasteiger partial charge in [0.1, 0.15) is 60.1 Å². The number of aliphatic carboxylic acids is 1. The van der Waals surface area contributed by atoms with Crippen molar-refractivity contribution < 1.29 is 83.4 Å². The van der Waals surface area contributed by atoms with Crippen molar-refractivity contribution in [2.75, 3.05) is 33.0 Å². The molecule has 11 atom stereocenters. The van der Waals surface area contributed by atoms with Crippen LogP contribution in [0, 0.1) is 11.8 Å². The number of nitrogens with one attached hydrogen (secondary N) is 9. The van der Waals surface area contributed by atoms with Gasteiger partial charge in [0.05, 0.1) is 32.5 Å². The SMILES string of the molecule is CC[C@H](C)[C@H](NC(=O)[C@H](CO)NC(=O)[C@H](CCC(N)=O)NC(=O)[C@H](CO)NC(=O)[C@@H](N)CCCN=C(N)N)C(=O)N[C@@H](CO)C(=O)N[C@@H](CO)C(=O)N[C@@H](Cc1ccc(O)cc1)C(=O)N[C@@H](CC(C)C)C(=O)N[C@@H](C)C(=O)O. The molecule has 1 aromatic rings. The largest absolute Gasteiger partial charge is 0.508 e. The van der Waals surface area contributed by atoms with Crippen molar-refractivity contribution in [2.24, 2.45) is 39.8 Å². The zero-order valence-corrected chi connectivity index (χ0v) is 44.2. The molecule has 0 saturated carbocycles. The number of carboxylic acids is 1. The Kier molecular flexibility index (Phi) is 30.5. The van der Waals surface area contributed by atoms with Crippen LogP contribution >= 0.6 is 0 Å². The van der Waals surface area contributed by atoms with Gasteiger partial charge in [-0.3, -0.25) is 57.7 Å². The summed E-state index contributed by atoms with van der Waals surface area (Å²) in [6, 6.07) is -10.3. The number of amides is 10. The quantitative estimate of drug-likeness (QED) is 0.0169. The number of benzene rings is 1. The second-order valence-electron chi connectivity index (χ2n) is 18.7. The fourth-order valence-electron chi connectivity index (χ4n) is 7.00. The Balaban J connectivity index is 3.28. The van der Waals surface area contributed by atoms with Gasteiger partial charge in [-0.05, 0) is 62.1 Å². The second kappa shape index (κ2) is 34.8. The van der Waals surface area contributed by atoms with Gasteiger partial charge < -0.3 is 101 Å². The van der Waals surface area contributed by atoms with Crippen molar-refractivity contribution in [2.45, 2.75) is 140 Å². The number of guanidine groups is 1. The van der Waals surface area contributed by atoms with Gasteiger partial charge in [-0.1, -0.05) is 46.2 Å². The molecule has 31 nitrogen and oxygen atoms in total. The van der Waals surface area contributed by atoms with Gasteiger partial charge in [-0.25, -0.2) is 0 Å². The fourth-order valence-corrected chi connectivity index (χ4v) is 7.00. The normalized spacial score (nSPS) is 15.3. The number of phenols is 1. The van der Waals surface area contributed by atoms with Crippen LogP contribution in [0.2, 0.25) is 0 Å². The van der Waals surface area contributed by atoms with E-state index in [1.807, 2.05) is 0 Å². The Hall–Kier alpha value is -7.74. The van der Waals surface area contributed by atoms with Gasteiger partial charge in [0.15, 0.2) is 5.96 Å². The summed E-state index contributed by atoms with van der Waals surface area (Å²) in [6.45, 7) is 3.64. The third kappa shape index (κ3) is 24.5. The first-order valence-corrected chi connectivity index (χ1v) is 24.9. The summed E-state index contributed by atoms with van der Waals surface area (Å²) in [6.07, 6.45) is -0.676. The highest BCUT2D eigenvalue weighted by molar-refractivity contribution is 5.99. The van der Waals surface area contributed by atoms with Crippen LogP contribution in [0.15, 0.2) is 29.3 Å². The number of hydrogen-bond donors (Lipinski definition) is 19. The average molecular weight is 1110 g/mol. The lowest BCUT2D eigenvalue weighted by atomic mass is 9.97. The highest BCUT2D eigenvalue weighted by Crippen LogP contribution is 2.14. The minimum Gasteiger partial charge on any atom is -0.508 e. The molecule has 0 aliphatic carbocycles. The molecule has 31 heteroatoms. The smallest absolute Gasteiger partial charge is 0.325 e. The minimum atomic E-state index is -1.87. The van der Waals surface area contributed by atoms with Crippen LogP contribution in [0.1, 0.15) is 78.7 Å². The average Bonchev–Trinajstić information content (AvgIpc) is 3.38. The molecule has 0 aliphatic heterocycles. The summed E-state index contributed by atoms with van der Waals surface area (Å²) in [4.78, 5) is 148. The van der Waals surface area contributed by atoms with Crippen molar-refractivity contribution >= 4 is 71.0 Å². The predicted molar refractivity (Wildman–Crippen MR) is 276 cm³/mol. The monoisotopic (exact) mass is 1110 g/mol. The number of primary amides is 1. The number of rotatable bonds is 36. The third-order valence-corrected chi connectivity index (χ3v) is 11.8. The third-order valence-electron chi connectivity index (χ3n) is 11.8. The number of hydrogen-bond acceptors (Lipinski definition) is 18. The molecule has 23 N–H and O–H groups in total. The molecule has 1 rings (SSSR count). The molecule has 438 valence electrons. The number of nitrogens with zero attached hydrogens (tertiary/aromatic N) is 1. The zero-order chi connectivity index (χ0) is 59.4. The van der Waals surface area contributed by atoms with Crippen LogP contribution < -0.4 is 70.8 Å². The lowest BCUT2D eigenvalue weighted by molar-refractivity contribution is -0.142.